The van der Waals surface area contributed by atoms with Crippen molar-refractivity contribution in [1.82, 2.24) is 10.3 Å². The number of nitriles is 1. The van der Waals surface area contributed by atoms with Crippen LogP contribution < -0.4 is 10.1 Å². The molecule has 0 atom stereocenters. The summed E-state index contributed by atoms with van der Waals surface area (Å²) in [4.78, 5) is 27.4. The van der Waals surface area contributed by atoms with Crippen molar-refractivity contribution in [2.75, 3.05) is 13.2 Å². The van der Waals surface area contributed by atoms with E-state index < -0.39 is 11.9 Å². The second-order valence-electron chi connectivity index (χ2n) is 5.38. The van der Waals surface area contributed by atoms with Crippen LogP contribution in [-0.4, -0.2) is 30.1 Å². The fourth-order valence-corrected chi connectivity index (χ4v) is 2.10. The van der Waals surface area contributed by atoms with E-state index in [1.54, 1.807) is 49.6 Å². The Bertz CT molecular complexity index is 840. The van der Waals surface area contributed by atoms with Gasteiger partial charge in [-0.25, -0.2) is 4.79 Å². The lowest BCUT2D eigenvalue weighted by molar-refractivity contribution is -0.145. The molecule has 2 aromatic rings. The zero-order valence-corrected chi connectivity index (χ0v) is 14.8. The highest BCUT2D eigenvalue weighted by Gasteiger charge is 2.09. The standard InChI is InChI=1S/C20H19N3O4/c1-2-26-19(24)14-27-18-7-5-15(6-8-18)10-17(11-21)20(25)23-13-16-4-3-9-22-12-16/h3-10,12H,2,13-14H2,1H3,(H,23,25). The molecule has 1 heterocycles. The predicted octanol–water partition coefficient (Wildman–Crippen LogP) is 2.25. The number of aromatic nitrogens is 1. The number of hydrogen-bond donors (Lipinski definition) is 1. The summed E-state index contributed by atoms with van der Waals surface area (Å²) in [6.45, 7) is 2.12. The molecule has 1 aromatic carbocycles. The molecule has 0 radical (unpaired) electrons. The number of benzene rings is 1. The van der Waals surface area contributed by atoms with E-state index in [2.05, 4.69) is 10.3 Å². The van der Waals surface area contributed by atoms with Crippen molar-refractivity contribution >= 4 is 18.0 Å². The van der Waals surface area contributed by atoms with Crippen molar-refractivity contribution < 1.29 is 19.1 Å². The molecule has 0 aliphatic carbocycles. The number of carbonyl (C=O) groups excluding carboxylic acids is 2. The molecule has 1 aromatic heterocycles. The number of hydrogen-bond acceptors (Lipinski definition) is 6. The topological polar surface area (TPSA) is 101 Å². The number of pyridine rings is 1. The van der Waals surface area contributed by atoms with Crippen molar-refractivity contribution in [2.45, 2.75) is 13.5 Å². The first-order chi connectivity index (χ1) is 13.1. The van der Waals surface area contributed by atoms with Gasteiger partial charge in [-0.1, -0.05) is 18.2 Å². The van der Waals surface area contributed by atoms with Crippen LogP contribution >= 0.6 is 0 Å². The Balaban J connectivity index is 1.95. The van der Waals surface area contributed by atoms with E-state index in [0.29, 0.717) is 17.9 Å². The molecular formula is C20H19N3O4. The van der Waals surface area contributed by atoms with Gasteiger partial charge in [0.15, 0.2) is 6.61 Å². The number of carbonyl (C=O) groups is 2. The number of nitrogens with one attached hydrogen (secondary N) is 1. The van der Waals surface area contributed by atoms with E-state index in [1.807, 2.05) is 12.1 Å². The Morgan fingerprint density at radius 3 is 2.67 bits per heavy atom. The Kier molecular flexibility index (Phi) is 7.54. The smallest absolute Gasteiger partial charge is 0.344 e. The second kappa shape index (κ2) is 10.4. The van der Waals surface area contributed by atoms with Crippen molar-refractivity contribution in [3.05, 3.63) is 65.5 Å². The summed E-state index contributed by atoms with van der Waals surface area (Å²) in [7, 11) is 0. The molecular weight excluding hydrogens is 346 g/mol. The monoisotopic (exact) mass is 365 g/mol. The second-order valence-corrected chi connectivity index (χ2v) is 5.38. The third kappa shape index (κ3) is 6.63. The first-order valence-electron chi connectivity index (χ1n) is 8.29. The van der Waals surface area contributed by atoms with Gasteiger partial charge in [-0.2, -0.15) is 5.26 Å². The minimum absolute atomic E-state index is 0.0147. The SMILES string of the molecule is CCOC(=O)COc1ccc(C=C(C#N)C(=O)NCc2cccnc2)cc1. The normalized spacial score (nSPS) is 10.6. The van der Waals surface area contributed by atoms with Gasteiger partial charge >= 0.3 is 5.97 Å². The van der Waals surface area contributed by atoms with Crippen LogP contribution in [-0.2, 0) is 20.9 Å². The van der Waals surface area contributed by atoms with Crippen LogP contribution in [0.4, 0.5) is 0 Å². The molecule has 1 N–H and O–H groups in total. The average Bonchev–Trinajstić information content (AvgIpc) is 2.70. The van der Waals surface area contributed by atoms with E-state index in [1.165, 1.54) is 6.08 Å². The molecule has 0 unspecified atom stereocenters. The molecule has 0 aliphatic heterocycles. The van der Waals surface area contributed by atoms with Crippen LogP contribution in [0.5, 0.6) is 5.75 Å². The van der Waals surface area contributed by atoms with Crippen LogP contribution in [0.1, 0.15) is 18.1 Å². The van der Waals surface area contributed by atoms with E-state index in [9.17, 15) is 14.9 Å². The Morgan fingerprint density at radius 2 is 2.04 bits per heavy atom. The summed E-state index contributed by atoms with van der Waals surface area (Å²) >= 11 is 0. The van der Waals surface area contributed by atoms with E-state index in [-0.39, 0.29) is 18.7 Å². The van der Waals surface area contributed by atoms with Gasteiger partial charge in [0.25, 0.3) is 5.91 Å². The van der Waals surface area contributed by atoms with Crippen LogP contribution in [0.3, 0.4) is 0 Å². The van der Waals surface area contributed by atoms with Crippen molar-refractivity contribution in [1.29, 1.82) is 5.26 Å². The number of esters is 1. The maximum Gasteiger partial charge on any atom is 0.344 e. The maximum atomic E-state index is 12.2. The first kappa shape index (κ1) is 19.7. The van der Waals surface area contributed by atoms with Gasteiger partial charge in [-0.05, 0) is 42.3 Å². The Morgan fingerprint density at radius 1 is 1.26 bits per heavy atom. The summed E-state index contributed by atoms with van der Waals surface area (Å²) in [5, 5.41) is 11.9. The minimum atomic E-state index is -0.469. The first-order valence-corrected chi connectivity index (χ1v) is 8.29. The van der Waals surface area contributed by atoms with Gasteiger partial charge in [0.1, 0.15) is 17.4 Å². The molecule has 0 aliphatic rings. The van der Waals surface area contributed by atoms with E-state index >= 15 is 0 Å². The summed E-state index contributed by atoms with van der Waals surface area (Å²) in [5.74, 6) is -0.428. The van der Waals surface area contributed by atoms with Crippen LogP contribution in [0.2, 0.25) is 0 Å². The zero-order valence-electron chi connectivity index (χ0n) is 14.8. The third-order valence-electron chi connectivity index (χ3n) is 3.39. The van der Waals surface area contributed by atoms with Gasteiger partial charge in [-0.15, -0.1) is 0 Å². The number of nitrogens with zero attached hydrogens (tertiary/aromatic N) is 2. The molecule has 7 nitrogen and oxygen atoms in total. The molecule has 0 saturated carbocycles. The number of rotatable bonds is 8. The number of amides is 1. The van der Waals surface area contributed by atoms with E-state index in [4.69, 9.17) is 9.47 Å². The maximum absolute atomic E-state index is 12.2. The average molecular weight is 365 g/mol. The van der Waals surface area contributed by atoms with Gasteiger partial charge in [0.2, 0.25) is 0 Å². The third-order valence-corrected chi connectivity index (χ3v) is 3.39. The quantitative estimate of drug-likeness (QED) is 0.437. The highest BCUT2D eigenvalue weighted by Crippen LogP contribution is 2.15. The molecule has 0 fully saturated rings. The molecule has 0 bridgehead atoms. The summed E-state index contributed by atoms with van der Waals surface area (Å²) in [6, 6.07) is 12.2. The summed E-state index contributed by atoms with van der Waals surface area (Å²) in [6.07, 6.45) is 4.77. The minimum Gasteiger partial charge on any atom is -0.482 e. The zero-order chi connectivity index (χ0) is 19.5. The van der Waals surface area contributed by atoms with Gasteiger partial charge in [-0.3, -0.25) is 9.78 Å². The Labute approximate surface area is 157 Å². The predicted molar refractivity (Wildman–Crippen MR) is 98.2 cm³/mol. The lowest BCUT2D eigenvalue weighted by Gasteiger charge is -2.06. The molecule has 0 spiro atoms. The van der Waals surface area contributed by atoms with Gasteiger partial charge in [0, 0.05) is 18.9 Å². The fraction of sp³-hybridized carbons (Fsp3) is 0.200. The molecule has 138 valence electrons. The molecule has 2 rings (SSSR count). The van der Waals surface area contributed by atoms with Crippen LogP contribution in [0, 0.1) is 11.3 Å². The highest BCUT2D eigenvalue weighted by atomic mass is 16.6. The van der Waals surface area contributed by atoms with Crippen LogP contribution in [0.25, 0.3) is 6.08 Å². The Hall–Kier alpha value is -3.66. The lowest BCUT2D eigenvalue weighted by Crippen LogP contribution is -2.24. The summed E-state index contributed by atoms with van der Waals surface area (Å²) < 4.78 is 10.1. The molecule has 1 amide bonds. The highest BCUT2D eigenvalue weighted by molar-refractivity contribution is 6.01. The molecule has 27 heavy (non-hydrogen) atoms. The fourth-order valence-electron chi connectivity index (χ4n) is 2.10. The van der Waals surface area contributed by atoms with Gasteiger partial charge < -0.3 is 14.8 Å². The largest absolute Gasteiger partial charge is 0.482 e. The molecule has 7 heteroatoms. The molecule has 0 saturated heterocycles. The number of ether oxygens (including phenoxy) is 2. The van der Waals surface area contributed by atoms with Crippen molar-refractivity contribution in [3.8, 4) is 11.8 Å². The van der Waals surface area contributed by atoms with Crippen molar-refractivity contribution in [2.24, 2.45) is 0 Å². The lowest BCUT2D eigenvalue weighted by atomic mass is 10.1. The van der Waals surface area contributed by atoms with E-state index in [0.717, 1.165) is 5.56 Å². The van der Waals surface area contributed by atoms with Gasteiger partial charge in [0.05, 0.1) is 6.61 Å². The van der Waals surface area contributed by atoms with Crippen molar-refractivity contribution in [3.63, 3.8) is 0 Å². The van der Waals surface area contributed by atoms with Crippen LogP contribution in [0.15, 0.2) is 54.4 Å². The summed E-state index contributed by atoms with van der Waals surface area (Å²) in [5.41, 5.74) is 1.48.